The Morgan fingerprint density at radius 2 is 1.87 bits per heavy atom. The number of aliphatic hydroxyl groups excluding tert-OH is 1. The van der Waals surface area contributed by atoms with E-state index in [2.05, 4.69) is 10.1 Å². The number of benzene rings is 1. The van der Waals surface area contributed by atoms with Gasteiger partial charge >= 0.3 is 6.18 Å². The Morgan fingerprint density at radius 1 is 1.22 bits per heavy atom. The van der Waals surface area contributed by atoms with Crippen molar-refractivity contribution in [3.63, 3.8) is 0 Å². The number of halogens is 3. The van der Waals surface area contributed by atoms with E-state index in [9.17, 15) is 23.1 Å². The van der Waals surface area contributed by atoms with Crippen molar-refractivity contribution in [1.29, 1.82) is 0 Å². The van der Waals surface area contributed by atoms with Crippen LogP contribution in [0, 0.1) is 5.92 Å². The van der Waals surface area contributed by atoms with Crippen LogP contribution in [-0.2, 0) is 22.7 Å². The van der Waals surface area contributed by atoms with Crippen molar-refractivity contribution >= 4 is 5.91 Å². The molecule has 0 aromatic heterocycles. The van der Waals surface area contributed by atoms with Crippen molar-refractivity contribution in [1.82, 2.24) is 5.32 Å². The predicted octanol–water partition coefficient (Wildman–Crippen LogP) is 2.54. The minimum Gasteiger partial charge on any atom is -0.392 e. The second kappa shape index (κ2) is 7.79. The van der Waals surface area contributed by atoms with Crippen molar-refractivity contribution in [2.24, 2.45) is 5.92 Å². The zero-order valence-electron chi connectivity index (χ0n) is 12.6. The van der Waals surface area contributed by atoms with E-state index >= 15 is 0 Å². The van der Waals surface area contributed by atoms with Crippen LogP contribution < -0.4 is 5.32 Å². The SMILES string of the molecule is O=C(NCc1ccc(COCC(F)(F)F)cc1)C1CCCC1O. The summed E-state index contributed by atoms with van der Waals surface area (Å²) in [6, 6.07) is 6.81. The van der Waals surface area contributed by atoms with Gasteiger partial charge in [-0.2, -0.15) is 13.2 Å². The molecule has 0 radical (unpaired) electrons. The summed E-state index contributed by atoms with van der Waals surface area (Å²) in [6.07, 6.45) is -2.68. The number of aliphatic hydroxyl groups is 1. The molecular weight excluding hydrogens is 311 g/mol. The first-order valence-corrected chi connectivity index (χ1v) is 7.53. The van der Waals surface area contributed by atoms with Gasteiger partial charge < -0.3 is 15.2 Å². The van der Waals surface area contributed by atoms with Crippen LogP contribution >= 0.6 is 0 Å². The molecule has 0 aliphatic heterocycles. The van der Waals surface area contributed by atoms with Crippen molar-refractivity contribution in [2.75, 3.05) is 6.61 Å². The first-order chi connectivity index (χ1) is 10.8. The van der Waals surface area contributed by atoms with Crippen LogP contribution in [-0.4, -0.2) is 29.9 Å². The van der Waals surface area contributed by atoms with Gasteiger partial charge in [-0.05, 0) is 30.4 Å². The molecule has 1 aromatic rings. The third-order valence-electron chi connectivity index (χ3n) is 3.84. The Hall–Kier alpha value is -1.60. The summed E-state index contributed by atoms with van der Waals surface area (Å²) in [5.74, 6) is -0.502. The monoisotopic (exact) mass is 331 g/mol. The summed E-state index contributed by atoms with van der Waals surface area (Å²) in [7, 11) is 0. The number of hydrogen-bond donors (Lipinski definition) is 2. The normalized spacial score (nSPS) is 21.4. The van der Waals surface area contributed by atoms with Gasteiger partial charge in [0.1, 0.15) is 6.61 Å². The number of nitrogens with one attached hydrogen (secondary N) is 1. The Morgan fingerprint density at radius 3 is 2.43 bits per heavy atom. The maximum absolute atomic E-state index is 12.0. The van der Waals surface area contributed by atoms with E-state index in [1.807, 2.05) is 0 Å². The Balaban J connectivity index is 1.75. The van der Waals surface area contributed by atoms with Crippen molar-refractivity contribution in [3.05, 3.63) is 35.4 Å². The van der Waals surface area contributed by atoms with Crippen LogP contribution in [0.25, 0.3) is 0 Å². The summed E-state index contributed by atoms with van der Waals surface area (Å²) in [4.78, 5) is 11.9. The maximum Gasteiger partial charge on any atom is 0.411 e. The van der Waals surface area contributed by atoms with Crippen LogP contribution in [0.15, 0.2) is 24.3 Å². The lowest BCUT2D eigenvalue weighted by Gasteiger charge is -2.14. The topological polar surface area (TPSA) is 58.6 Å². The number of ether oxygens (including phenoxy) is 1. The van der Waals surface area contributed by atoms with Crippen molar-refractivity contribution < 1.29 is 27.8 Å². The van der Waals surface area contributed by atoms with Gasteiger partial charge in [0.2, 0.25) is 5.91 Å². The van der Waals surface area contributed by atoms with Crippen molar-refractivity contribution in [2.45, 2.75) is 44.7 Å². The maximum atomic E-state index is 12.0. The second-order valence-electron chi connectivity index (χ2n) is 5.75. The van der Waals surface area contributed by atoms with Crippen molar-refractivity contribution in [3.8, 4) is 0 Å². The van der Waals surface area contributed by atoms with Gasteiger partial charge in [0.15, 0.2) is 0 Å². The zero-order chi connectivity index (χ0) is 16.9. The fraction of sp³-hybridized carbons (Fsp3) is 0.562. The molecule has 0 spiro atoms. The third kappa shape index (κ3) is 5.84. The highest BCUT2D eigenvalue weighted by molar-refractivity contribution is 5.79. The molecule has 1 fully saturated rings. The van der Waals surface area contributed by atoms with E-state index in [1.165, 1.54) is 0 Å². The molecule has 23 heavy (non-hydrogen) atoms. The summed E-state index contributed by atoms with van der Waals surface area (Å²) < 4.78 is 40.5. The van der Waals surface area contributed by atoms with Crippen LogP contribution in [0.2, 0.25) is 0 Å². The molecule has 128 valence electrons. The van der Waals surface area contributed by atoms with Crippen LogP contribution in [0.4, 0.5) is 13.2 Å². The molecule has 2 unspecified atom stereocenters. The summed E-state index contributed by atoms with van der Waals surface area (Å²) in [5, 5.41) is 12.5. The van der Waals surface area contributed by atoms with Crippen LogP contribution in [0.3, 0.4) is 0 Å². The molecule has 0 bridgehead atoms. The highest BCUT2D eigenvalue weighted by atomic mass is 19.4. The Kier molecular flexibility index (Phi) is 6.01. The summed E-state index contributed by atoms with van der Waals surface area (Å²) in [5.41, 5.74) is 1.47. The average Bonchev–Trinajstić information content (AvgIpc) is 2.91. The second-order valence-corrected chi connectivity index (χ2v) is 5.75. The molecule has 2 N–H and O–H groups in total. The number of carbonyl (C=O) groups excluding carboxylic acids is 1. The number of hydrogen-bond acceptors (Lipinski definition) is 3. The van der Waals surface area contributed by atoms with Gasteiger partial charge in [0, 0.05) is 6.54 Å². The van der Waals surface area contributed by atoms with E-state index in [4.69, 9.17) is 0 Å². The molecule has 1 amide bonds. The van der Waals surface area contributed by atoms with Gasteiger partial charge in [0.25, 0.3) is 0 Å². The van der Waals surface area contributed by atoms with E-state index in [0.29, 0.717) is 24.9 Å². The molecule has 2 atom stereocenters. The largest absolute Gasteiger partial charge is 0.411 e. The predicted molar refractivity (Wildman–Crippen MR) is 77.3 cm³/mol. The molecule has 2 rings (SSSR count). The molecule has 1 saturated carbocycles. The highest BCUT2D eigenvalue weighted by Crippen LogP contribution is 2.25. The third-order valence-corrected chi connectivity index (χ3v) is 3.84. The lowest BCUT2D eigenvalue weighted by atomic mass is 10.1. The summed E-state index contributed by atoms with van der Waals surface area (Å²) in [6.45, 7) is -1.05. The first-order valence-electron chi connectivity index (χ1n) is 7.53. The molecule has 1 aliphatic carbocycles. The van der Waals surface area contributed by atoms with Gasteiger partial charge in [-0.25, -0.2) is 0 Å². The zero-order valence-corrected chi connectivity index (χ0v) is 12.6. The highest BCUT2D eigenvalue weighted by Gasteiger charge is 2.31. The average molecular weight is 331 g/mol. The molecule has 1 aromatic carbocycles. The minimum atomic E-state index is -4.32. The van der Waals surface area contributed by atoms with E-state index in [-0.39, 0.29) is 18.4 Å². The van der Waals surface area contributed by atoms with Gasteiger partial charge in [-0.15, -0.1) is 0 Å². The minimum absolute atomic E-state index is 0.111. The van der Waals surface area contributed by atoms with Gasteiger partial charge in [-0.3, -0.25) is 4.79 Å². The molecule has 0 saturated heterocycles. The molecule has 7 heteroatoms. The van der Waals surface area contributed by atoms with Crippen LogP contribution in [0.1, 0.15) is 30.4 Å². The van der Waals surface area contributed by atoms with Gasteiger partial charge in [-0.1, -0.05) is 24.3 Å². The van der Waals surface area contributed by atoms with Gasteiger partial charge in [0.05, 0.1) is 18.6 Å². The molecule has 0 heterocycles. The number of rotatable bonds is 6. The fourth-order valence-corrected chi connectivity index (χ4v) is 2.60. The lowest BCUT2D eigenvalue weighted by Crippen LogP contribution is -2.34. The van der Waals surface area contributed by atoms with E-state index in [1.54, 1.807) is 24.3 Å². The number of amides is 1. The molecule has 1 aliphatic rings. The molecule has 4 nitrogen and oxygen atoms in total. The molecular formula is C16H20F3NO3. The smallest absolute Gasteiger partial charge is 0.392 e. The number of alkyl halides is 3. The van der Waals surface area contributed by atoms with E-state index in [0.717, 1.165) is 12.0 Å². The fourth-order valence-electron chi connectivity index (χ4n) is 2.60. The standard InChI is InChI=1S/C16H20F3NO3/c17-16(18,19)10-23-9-12-6-4-11(5-7-12)8-20-15(22)13-2-1-3-14(13)21/h4-7,13-14,21H,1-3,8-10H2,(H,20,22). The Labute approximate surface area is 132 Å². The lowest BCUT2D eigenvalue weighted by molar-refractivity contribution is -0.176. The summed E-state index contributed by atoms with van der Waals surface area (Å²) >= 11 is 0. The van der Waals surface area contributed by atoms with E-state index < -0.39 is 18.9 Å². The Bertz CT molecular complexity index is 516. The quantitative estimate of drug-likeness (QED) is 0.842. The first kappa shape index (κ1) is 17.7. The number of carbonyl (C=O) groups is 1. The van der Waals surface area contributed by atoms with Crippen LogP contribution in [0.5, 0.6) is 0 Å².